The Balaban J connectivity index is 1.70. The zero-order valence-electron chi connectivity index (χ0n) is 13.4. The number of thiazole rings is 1. The van der Waals surface area contributed by atoms with E-state index in [1.54, 1.807) is 0 Å². The van der Waals surface area contributed by atoms with E-state index < -0.39 is 0 Å². The monoisotopic (exact) mass is 321 g/mol. The highest BCUT2D eigenvalue weighted by Crippen LogP contribution is 2.28. The topological polar surface area (TPSA) is 7.12 Å². The van der Waals surface area contributed by atoms with Crippen LogP contribution in [0.3, 0.4) is 0 Å². The Bertz CT molecular complexity index is 863. The normalized spacial score (nSPS) is 14.6. The molecule has 0 spiro atoms. The number of rotatable bonds is 3. The number of nitrogens with zero attached hydrogens (tertiary/aromatic N) is 2. The summed E-state index contributed by atoms with van der Waals surface area (Å²) in [5.41, 5.74) is 4.15. The highest BCUT2D eigenvalue weighted by molar-refractivity contribution is 7.18. The van der Waals surface area contributed by atoms with Crippen molar-refractivity contribution in [3.63, 3.8) is 0 Å². The smallest absolute Gasteiger partial charge is 0.264 e. The molecule has 2 aromatic carbocycles. The van der Waals surface area contributed by atoms with Gasteiger partial charge in [0.1, 0.15) is 11.2 Å². The number of hydrogen-bond acceptors (Lipinski definition) is 2. The molecule has 0 N–H and O–H groups in total. The third-order valence-electron chi connectivity index (χ3n) is 4.50. The second kappa shape index (κ2) is 6.17. The fourth-order valence-electron chi connectivity index (χ4n) is 3.37. The van der Waals surface area contributed by atoms with Crippen LogP contribution >= 0.6 is 11.3 Å². The van der Waals surface area contributed by atoms with Crippen molar-refractivity contribution in [2.75, 3.05) is 11.4 Å². The van der Waals surface area contributed by atoms with Gasteiger partial charge >= 0.3 is 0 Å². The summed E-state index contributed by atoms with van der Waals surface area (Å²) in [5.74, 6) is 0. The van der Waals surface area contributed by atoms with Crippen molar-refractivity contribution in [3.8, 4) is 0 Å². The number of anilines is 1. The van der Waals surface area contributed by atoms with Crippen LogP contribution in [0, 0.1) is 0 Å². The molecule has 1 aromatic heterocycles. The van der Waals surface area contributed by atoms with Crippen molar-refractivity contribution in [1.29, 1.82) is 0 Å². The summed E-state index contributed by atoms with van der Waals surface area (Å²) in [5, 5.41) is 1.32. The summed E-state index contributed by atoms with van der Waals surface area (Å²) in [6, 6.07) is 17.4. The number of fused-ring (bicyclic) bond motifs is 2. The van der Waals surface area contributed by atoms with E-state index in [2.05, 4.69) is 77.2 Å². The average Bonchev–Trinajstić information content (AvgIpc) is 2.97. The fraction of sp³-hybridized carbons (Fsp3) is 0.250. The lowest BCUT2D eigenvalue weighted by Gasteiger charge is -2.27. The minimum Gasteiger partial charge on any atom is -0.347 e. The number of hydrogen-bond donors (Lipinski definition) is 0. The highest BCUT2D eigenvalue weighted by atomic mass is 32.1. The van der Waals surface area contributed by atoms with Crippen LogP contribution in [0.25, 0.3) is 16.3 Å². The molecule has 0 amide bonds. The Morgan fingerprint density at radius 2 is 1.96 bits per heavy atom. The molecule has 4 rings (SSSR count). The van der Waals surface area contributed by atoms with Crippen LogP contribution in [0.2, 0.25) is 0 Å². The largest absolute Gasteiger partial charge is 0.347 e. The Morgan fingerprint density at radius 3 is 2.87 bits per heavy atom. The maximum atomic E-state index is 2.40. The number of aromatic nitrogens is 1. The van der Waals surface area contributed by atoms with Crippen LogP contribution in [0.4, 0.5) is 5.69 Å². The number of aryl methyl sites for hydroxylation is 2. The van der Waals surface area contributed by atoms with E-state index in [4.69, 9.17) is 0 Å². The molecule has 0 bridgehead atoms. The molecule has 0 atom stereocenters. The van der Waals surface area contributed by atoms with Gasteiger partial charge in [-0.3, -0.25) is 0 Å². The predicted octanol–water partition coefficient (Wildman–Crippen LogP) is 4.63. The van der Waals surface area contributed by atoms with Crippen molar-refractivity contribution in [3.05, 3.63) is 65.3 Å². The van der Waals surface area contributed by atoms with Gasteiger partial charge in [0.05, 0.1) is 0 Å². The summed E-state index contributed by atoms with van der Waals surface area (Å²) in [6.45, 7) is 4.32. The van der Waals surface area contributed by atoms with E-state index in [0.717, 1.165) is 13.1 Å². The molecule has 0 fully saturated rings. The van der Waals surface area contributed by atoms with Gasteiger partial charge in [-0.2, -0.15) is 4.57 Å². The Kier molecular flexibility index (Phi) is 3.88. The fourth-order valence-corrected chi connectivity index (χ4v) is 4.50. The summed E-state index contributed by atoms with van der Waals surface area (Å²) in [7, 11) is 0. The minimum atomic E-state index is 1.00. The van der Waals surface area contributed by atoms with Crippen molar-refractivity contribution in [2.45, 2.75) is 26.3 Å². The van der Waals surface area contributed by atoms with Gasteiger partial charge in [0.15, 0.2) is 0 Å². The SMILES string of the molecule is CC[n+]1c(C=CN2CCCc3ccccc32)sc2ccccc21. The van der Waals surface area contributed by atoms with Crippen molar-refractivity contribution in [1.82, 2.24) is 0 Å². The van der Waals surface area contributed by atoms with Crippen LogP contribution in [-0.2, 0) is 13.0 Å². The standard InChI is InChI=1S/C20H21N2S/c1-2-22-18-11-5-6-12-19(18)23-20(22)13-15-21-14-7-9-16-8-3-4-10-17(16)21/h3-6,8,10-13,15H,2,7,9,14H2,1H3/q+1. The van der Waals surface area contributed by atoms with E-state index in [1.807, 2.05) is 11.3 Å². The van der Waals surface area contributed by atoms with Gasteiger partial charge in [-0.25, -0.2) is 0 Å². The van der Waals surface area contributed by atoms with Gasteiger partial charge < -0.3 is 4.90 Å². The van der Waals surface area contributed by atoms with E-state index in [-0.39, 0.29) is 0 Å². The minimum absolute atomic E-state index is 1.00. The molecule has 23 heavy (non-hydrogen) atoms. The van der Waals surface area contributed by atoms with Crippen LogP contribution < -0.4 is 9.47 Å². The zero-order chi connectivity index (χ0) is 15.6. The third-order valence-corrected chi connectivity index (χ3v) is 5.63. The molecule has 1 aliphatic heterocycles. The first-order chi connectivity index (χ1) is 11.4. The molecule has 116 valence electrons. The van der Waals surface area contributed by atoms with Crippen LogP contribution in [0.1, 0.15) is 23.9 Å². The first kappa shape index (κ1) is 14.5. The van der Waals surface area contributed by atoms with E-state index in [9.17, 15) is 0 Å². The van der Waals surface area contributed by atoms with Crippen molar-refractivity contribution < 1.29 is 4.57 Å². The lowest BCUT2D eigenvalue weighted by Crippen LogP contribution is -2.33. The third kappa shape index (κ3) is 2.66. The Morgan fingerprint density at radius 1 is 1.13 bits per heavy atom. The lowest BCUT2D eigenvalue weighted by molar-refractivity contribution is -0.665. The van der Waals surface area contributed by atoms with E-state index >= 15 is 0 Å². The van der Waals surface area contributed by atoms with Crippen LogP contribution in [0.15, 0.2) is 54.7 Å². The maximum Gasteiger partial charge on any atom is 0.264 e. The molecule has 1 aliphatic rings. The average molecular weight is 321 g/mol. The van der Waals surface area contributed by atoms with Crippen LogP contribution in [-0.4, -0.2) is 6.54 Å². The quantitative estimate of drug-likeness (QED) is 0.638. The molecular weight excluding hydrogens is 300 g/mol. The molecule has 2 heterocycles. The summed E-state index contributed by atoms with van der Waals surface area (Å²) in [4.78, 5) is 2.39. The van der Waals surface area contributed by atoms with Crippen molar-refractivity contribution in [2.24, 2.45) is 0 Å². The summed E-state index contributed by atoms with van der Waals surface area (Å²) in [6.07, 6.45) is 6.95. The zero-order valence-corrected chi connectivity index (χ0v) is 14.2. The predicted molar refractivity (Wildman–Crippen MR) is 98.8 cm³/mol. The molecule has 3 aromatic rings. The second-order valence-electron chi connectivity index (χ2n) is 5.89. The Hall–Kier alpha value is -2.13. The first-order valence-electron chi connectivity index (χ1n) is 8.31. The van der Waals surface area contributed by atoms with Gasteiger partial charge in [0, 0.05) is 30.6 Å². The molecule has 2 nitrogen and oxygen atoms in total. The second-order valence-corrected chi connectivity index (χ2v) is 6.96. The molecule has 0 radical (unpaired) electrons. The summed E-state index contributed by atoms with van der Waals surface area (Å²) < 4.78 is 3.75. The first-order valence-corrected chi connectivity index (χ1v) is 9.12. The van der Waals surface area contributed by atoms with Gasteiger partial charge in [0.25, 0.3) is 5.01 Å². The maximum absolute atomic E-state index is 2.40. The molecule has 0 unspecified atom stereocenters. The van der Waals surface area contributed by atoms with Gasteiger partial charge in [0.2, 0.25) is 5.52 Å². The van der Waals surface area contributed by atoms with Crippen LogP contribution in [0.5, 0.6) is 0 Å². The molecule has 3 heteroatoms. The number of benzene rings is 2. The molecule has 0 aliphatic carbocycles. The number of para-hydroxylation sites is 2. The van der Waals surface area contributed by atoms with E-state index in [1.165, 1.54) is 39.3 Å². The van der Waals surface area contributed by atoms with Gasteiger partial charge in [-0.15, -0.1) is 0 Å². The molecule has 0 saturated carbocycles. The lowest BCUT2D eigenvalue weighted by atomic mass is 10.0. The van der Waals surface area contributed by atoms with Gasteiger partial charge in [-0.05, 0) is 37.5 Å². The summed E-state index contributed by atoms with van der Waals surface area (Å²) >= 11 is 1.87. The van der Waals surface area contributed by atoms with E-state index in [0.29, 0.717) is 0 Å². The highest BCUT2D eigenvalue weighted by Gasteiger charge is 2.18. The molecular formula is C20H21N2S+. The Labute approximate surface area is 141 Å². The van der Waals surface area contributed by atoms with Gasteiger partial charge in [-0.1, -0.05) is 41.7 Å². The van der Waals surface area contributed by atoms with Crippen molar-refractivity contribution >= 4 is 33.3 Å². The molecule has 0 saturated heterocycles.